The molecule has 1 saturated heterocycles. The summed E-state index contributed by atoms with van der Waals surface area (Å²) in [6.45, 7) is 5.25. The molecule has 0 aliphatic carbocycles. The number of anilines is 4. The van der Waals surface area contributed by atoms with E-state index >= 15 is 0 Å². The molecule has 0 atom stereocenters. The maximum Gasteiger partial charge on any atom is 0.229 e. The quantitative estimate of drug-likeness (QED) is 0.574. The fourth-order valence-electron chi connectivity index (χ4n) is 2.54. The molecular weight excluding hydrogens is 316 g/mol. The molecule has 2 aromatic rings. The lowest BCUT2D eigenvalue weighted by molar-refractivity contribution is 0.122. The largest absolute Gasteiger partial charge is 0.378 e. The van der Waals surface area contributed by atoms with Gasteiger partial charge in [0.25, 0.3) is 0 Å². The van der Waals surface area contributed by atoms with Crippen molar-refractivity contribution < 1.29 is 4.74 Å². The monoisotopic (exact) mass is 338 g/mol. The van der Waals surface area contributed by atoms with Crippen LogP contribution in [0.3, 0.4) is 0 Å². The van der Waals surface area contributed by atoms with Crippen LogP contribution in [-0.4, -0.2) is 42.1 Å². The molecule has 1 aromatic carbocycles. The predicted molar refractivity (Wildman–Crippen MR) is 101 cm³/mol. The average Bonchev–Trinajstić information content (AvgIpc) is 2.63. The van der Waals surface area contributed by atoms with Gasteiger partial charge in [0, 0.05) is 30.7 Å². The first-order valence-corrected chi connectivity index (χ1v) is 8.26. The molecule has 0 spiro atoms. The molecule has 3 N–H and O–H groups in total. The van der Waals surface area contributed by atoms with Crippen molar-refractivity contribution in [2.24, 2.45) is 0 Å². The van der Waals surface area contributed by atoms with Crippen LogP contribution in [0.1, 0.15) is 6.92 Å². The van der Waals surface area contributed by atoms with Gasteiger partial charge < -0.3 is 20.3 Å². The van der Waals surface area contributed by atoms with Crippen molar-refractivity contribution in [3.05, 3.63) is 48.7 Å². The second-order valence-electron chi connectivity index (χ2n) is 5.58. The Bertz CT molecular complexity index is 737. The maximum absolute atomic E-state index is 7.75. The Balaban J connectivity index is 1.64. The number of rotatable bonds is 5. The third-order valence-electron chi connectivity index (χ3n) is 3.75. The number of morpholine rings is 1. The van der Waals surface area contributed by atoms with Gasteiger partial charge in [-0.15, -0.1) is 0 Å². The number of hydrogen-bond donors (Lipinski definition) is 3. The van der Waals surface area contributed by atoms with Crippen LogP contribution in [-0.2, 0) is 4.74 Å². The van der Waals surface area contributed by atoms with Gasteiger partial charge in [-0.3, -0.25) is 5.41 Å². The van der Waals surface area contributed by atoms with Crippen LogP contribution in [0.15, 0.2) is 48.7 Å². The van der Waals surface area contributed by atoms with Crippen LogP contribution in [0.25, 0.3) is 0 Å². The number of aromatic nitrogens is 2. The molecule has 2 heterocycles. The van der Waals surface area contributed by atoms with Gasteiger partial charge in [0.1, 0.15) is 11.7 Å². The first kappa shape index (κ1) is 16.9. The Labute approximate surface area is 147 Å². The predicted octanol–water partition coefficient (Wildman–Crippen LogP) is 3.02. The number of amidine groups is 1. The van der Waals surface area contributed by atoms with E-state index in [0.717, 1.165) is 32.0 Å². The Morgan fingerprint density at radius 3 is 2.68 bits per heavy atom. The molecule has 0 bridgehead atoms. The number of benzene rings is 1. The highest BCUT2D eigenvalue weighted by Crippen LogP contribution is 2.21. The fraction of sp³-hybridized carbons (Fsp3) is 0.278. The normalized spacial score (nSPS) is 14.5. The third kappa shape index (κ3) is 4.77. The zero-order chi connectivity index (χ0) is 17.5. The maximum atomic E-state index is 7.75. The van der Waals surface area contributed by atoms with Crippen molar-refractivity contribution in [3.8, 4) is 0 Å². The van der Waals surface area contributed by atoms with Crippen LogP contribution in [0, 0.1) is 5.41 Å². The molecule has 0 amide bonds. The number of hydrogen-bond acceptors (Lipinski definition) is 6. The summed E-state index contributed by atoms with van der Waals surface area (Å²) in [7, 11) is 0. The van der Waals surface area contributed by atoms with Gasteiger partial charge in [-0.05, 0) is 43.3 Å². The first-order chi connectivity index (χ1) is 12.2. The van der Waals surface area contributed by atoms with E-state index in [1.165, 1.54) is 5.69 Å². The molecule has 1 fully saturated rings. The van der Waals surface area contributed by atoms with Crippen LogP contribution in [0.4, 0.5) is 23.1 Å². The van der Waals surface area contributed by atoms with Gasteiger partial charge in [-0.25, -0.2) is 4.98 Å². The summed E-state index contributed by atoms with van der Waals surface area (Å²) < 4.78 is 5.38. The van der Waals surface area contributed by atoms with Gasteiger partial charge in [0.15, 0.2) is 0 Å². The van der Waals surface area contributed by atoms with Crippen molar-refractivity contribution >= 4 is 29.0 Å². The Kier molecular flexibility index (Phi) is 5.58. The minimum Gasteiger partial charge on any atom is -0.378 e. The topological polar surface area (TPSA) is 86.2 Å². The summed E-state index contributed by atoms with van der Waals surface area (Å²) in [5.41, 5.74) is 2.10. The highest BCUT2D eigenvalue weighted by Gasteiger charge is 2.10. The lowest BCUT2D eigenvalue weighted by Crippen LogP contribution is -2.36. The molecule has 1 aliphatic heterocycles. The highest BCUT2D eigenvalue weighted by molar-refractivity contribution is 6.00. The zero-order valence-corrected chi connectivity index (χ0v) is 14.2. The fourth-order valence-corrected chi connectivity index (χ4v) is 2.54. The summed E-state index contributed by atoms with van der Waals surface area (Å²) in [6.07, 6.45) is 5.12. The summed E-state index contributed by atoms with van der Waals surface area (Å²) >= 11 is 0. The second kappa shape index (κ2) is 8.25. The molecule has 7 nitrogen and oxygen atoms in total. The summed E-state index contributed by atoms with van der Waals surface area (Å²) in [4.78, 5) is 10.9. The van der Waals surface area contributed by atoms with E-state index in [2.05, 4.69) is 37.6 Å². The summed E-state index contributed by atoms with van der Waals surface area (Å²) in [5.74, 6) is 1.34. The highest BCUT2D eigenvalue weighted by atomic mass is 16.5. The Morgan fingerprint density at radius 1 is 1.20 bits per heavy atom. The SMILES string of the molecule is C/C=C\C(=N)Nc1ccnc(Nc2ccc(N3CCOCC3)cc2)n1. The standard InChI is InChI=1S/C18H22N6O/c1-2-3-16(19)22-17-8-9-20-18(23-17)21-14-4-6-15(7-5-14)24-10-12-25-13-11-24/h2-9H,10-13H2,1H3,(H3,19,20,21,22,23)/b3-2-. The molecule has 0 saturated carbocycles. The van der Waals surface area contributed by atoms with E-state index in [0.29, 0.717) is 11.8 Å². The molecule has 1 aromatic heterocycles. The van der Waals surface area contributed by atoms with E-state index in [-0.39, 0.29) is 5.84 Å². The lowest BCUT2D eigenvalue weighted by atomic mass is 10.2. The van der Waals surface area contributed by atoms with E-state index in [9.17, 15) is 0 Å². The van der Waals surface area contributed by atoms with Crippen LogP contribution in [0.5, 0.6) is 0 Å². The number of ether oxygens (including phenoxy) is 1. The van der Waals surface area contributed by atoms with Crippen molar-refractivity contribution in [2.45, 2.75) is 6.92 Å². The van der Waals surface area contributed by atoms with E-state index in [1.54, 1.807) is 24.4 Å². The smallest absolute Gasteiger partial charge is 0.229 e. The van der Waals surface area contributed by atoms with Crippen LogP contribution >= 0.6 is 0 Å². The molecule has 0 unspecified atom stereocenters. The van der Waals surface area contributed by atoms with Gasteiger partial charge in [0.2, 0.25) is 5.95 Å². The Morgan fingerprint density at radius 2 is 1.96 bits per heavy atom. The van der Waals surface area contributed by atoms with Gasteiger partial charge in [0.05, 0.1) is 13.2 Å². The summed E-state index contributed by atoms with van der Waals surface area (Å²) in [6, 6.07) is 9.91. The molecule has 3 rings (SSSR count). The first-order valence-electron chi connectivity index (χ1n) is 8.26. The second-order valence-corrected chi connectivity index (χ2v) is 5.58. The molecule has 1 aliphatic rings. The number of nitrogens with one attached hydrogen (secondary N) is 3. The Hall–Kier alpha value is -2.93. The molecule has 25 heavy (non-hydrogen) atoms. The van der Waals surface area contributed by atoms with Crippen molar-refractivity contribution in [1.82, 2.24) is 9.97 Å². The lowest BCUT2D eigenvalue weighted by Gasteiger charge is -2.28. The molecular formula is C18H22N6O. The van der Waals surface area contributed by atoms with Crippen LogP contribution in [0.2, 0.25) is 0 Å². The minimum absolute atomic E-state index is 0.280. The van der Waals surface area contributed by atoms with Gasteiger partial charge in [-0.1, -0.05) is 6.08 Å². The van der Waals surface area contributed by atoms with Gasteiger partial charge in [-0.2, -0.15) is 4.98 Å². The van der Waals surface area contributed by atoms with Crippen molar-refractivity contribution in [3.63, 3.8) is 0 Å². The van der Waals surface area contributed by atoms with Crippen molar-refractivity contribution in [1.29, 1.82) is 5.41 Å². The molecule has 7 heteroatoms. The minimum atomic E-state index is 0.280. The zero-order valence-electron chi connectivity index (χ0n) is 14.2. The average molecular weight is 338 g/mol. The number of nitrogens with zero attached hydrogens (tertiary/aromatic N) is 3. The molecule has 0 radical (unpaired) electrons. The van der Waals surface area contributed by atoms with E-state index in [4.69, 9.17) is 10.1 Å². The van der Waals surface area contributed by atoms with E-state index in [1.807, 2.05) is 19.1 Å². The molecule has 130 valence electrons. The number of allylic oxidation sites excluding steroid dienone is 1. The van der Waals surface area contributed by atoms with Crippen LogP contribution < -0.4 is 15.5 Å². The van der Waals surface area contributed by atoms with E-state index < -0.39 is 0 Å². The summed E-state index contributed by atoms with van der Waals surface area (Å²) in [5, 5.41) is 13.8. The van der Waals surface area contributed by atoms with Gasteiger partial charge >= 0.3 is 0 Å². The third-order valence-corrected chi connectivity index (χ3v) is 3.75. The van der Waals surface area contributed by atoms with Crippen molar-refractivity contribution in [2.75, 3.05) is 41.8 Å².